The zero-order chi connectivity index (χ0) is 14.5. The summed E-state index contributed by atoms with van der Waals surface area (Å²) in [6.45, 7) is 4.44. The SMILES string of the molecule is CCOc1ccc(NC(=O)c2cnc(C)s2)cc1CBr. The molecule has 1 aromatic heterocycles. The molecule has 1 amide bonds. The van der Waals surface area contributed by atoms with Crippen LogP contribution in [0, 0.1) is 6.92 Å². The second kappa shape index (κ2) is 6.85. The fourth-order valence-corrected chi connectivity index (χ4v) is 2.83. The summed E-state index contributed by atoms with van der Waals surface area (Å²) >= 11 is 4.81. The molecule has 0 spiro atoms. The van der Waals surface area contributed by atoms with Gasteiger partial charge < -0.3 is 10.1 Å². The Hall–Kier alpha value is -1.40. The van der Waals surface area contributed by atoms with Crippen LogP contribution in [0.1, 0.15) is 27.2 Å². The number of carbonyl (C=O) groups excluding carboxylic acids is 1. The molecule has 0 radical (unpaired) electrons. The molecule has 4 nitrogen and oxygen atoms in total. The van der Waals surface area contributed by atoms with Gasteiger partial charge in [-0.15, -0.1) is 11.3 Å². The van der Waals surface area contributed by atoms with Gasteiger partial charge in [0, 0.05) is 16.6 Å². The van der Waals surface area contributed by atoms with Crippen molar-refractivity contribution in [2.24, 2.45) is 0 Å². The number of aromatic nitrogens is 1. The maximum absolute atomic E-state index is 12.1. The van der Waals surface area contributed by atoms with Crippen molar-refractivity contribution in [3.8, 4) is 5.75 Å². The Labute approximate surface area is 130 Å². The minimum atomic E-state index is -0.139. The lowest BCUT2D eigenvalue weighted by Gasteiger charge is -2.10. The number of aryl methyl sites for hydroxylation is 1. The molecule has 0 saturated heterocycles. The summed E-state index contributed by atoms with van der Waals surface area (Å²) in [6.07, 6.45) is 1.59. The molecule has 0 fully saturated rings. The summed E-state index contributed by atoms with van der Waals surface area (Å²) in [7, 11) is 0. The third-order valence-corrected chi connectivity index (χ3v) is 4.12. The number of thiazole rings is 1. The van der Waals surface area contributed by atoms with E-state index in [2.05, 4.69) is 26.2 Å². The maximum atomic E-state index is 12.1. The third kappa shape index (κ3) is 3.58. The summed E-state index contributed by atoms with van der Waals surface area (Å²) in [6, 6.07) is 5.61. The number of anilines is 1. The van der Waals surface area contributed by atoms with Crippen molar-refractivity contribution in [2.45, 2.75) is 19.2 Å². The fraction of sp³-hybridized carbons (Fsp3) is 0.286. The van der Waals surface area contributed by atoms with Gasteiger partial charge in [0.05, 0.1) is 17.8 Å². The van der Waals surface area contributed by atoms with Crippen molar-refractivity contribution >= 4 is 38.9 Å². The smallest absolute Gasteiger partial charge is 0.267 e. The van der Waals surface area contributed by atoms with Crippen LogP contribution in [-0.2, 0) is 5.33 Å². The van der Waals surface area contributed by atoms with E-state index in [1.807, 2.05) is 32.0 Å². The number of alkyl halides is 1. The molecule has 0 aliphatic heterocycles. The van der Waals surface area contributed by atoms with Crippen LogP contribution in [0.2, 0.25) is 0 Å². The van der Waals surface area contributed by atoms with Crippen LogP contribution >= 0.6 is 27.3 Å². The van der Waals surface area contributed by atoms with Gasteiger partial charge in [-0.1, -0.05) is 15.9 Å². The maximum Gasteiger partial charge on any atom is 0.267 e. The molecule has 106 valence electrons. The molecule has 2 aromatic rings. The lowest BCUT2D eigenvalue weighted by atomic mass is 10.2. The number of nitrogens with zero attached hydrogens (tertiary/aromatic N) is 1. The molecule has 0 saturated carbocycles. The molecular weight excluding hydrogens is 340 g/mol. The summed E-state index contributed by atoms with van der Waals surface area (Å²) in [4.78, 5) is 16.7. The van der Waals surface area contributed by atoms with Crippen LogP contribution in [-0.4, -0.2) is 17.5 Å². The standard InChI is InChI=1S/C14H15BrN2O2S/c1-3-19-12-5-4-11(6-10(12)7-15)17-14(18)13-8-16-9(2)20-13/h4-6,8H,3,7H2,1-2H3,(H,17,18). The molecular formula is C14H15BrN2O2S. The highest BCUT2D eigenvalue weighted by Crippen LogP contribution is 2.25. The molecule has 2 rings (SSSR count). The Kier molecular flexibility index (Phi) is 5.14. The molecule has 1 aromatic carbocycles. The predicted molar refractivity (Wildman–Crippen MR) is 85.0 cm³/mol. The summed E-state index contributed by atoms with van der Waals surface area (Å²) in [5.41, 5.74) is 1.75. The highest BCUT2D eigenvalue weighted by atomic mass is 79.9. The Bertz CT molecular complexity index is 613. The Morgan fingerprint density at radius 1 is 1.50 bits per heavy atom. The van der Waals surface area contributed by atoms with Gasteiger partial charge in [-0.05, 0) is 32.0 Å². The molecule has 1 heterocycles. The average molecular weight is 355 g/mol. The van der Waals surface area contributed by atoms with E-state index >= 15 is 0 Å². The molecule has 6 heteroatoms. The average Bonchev–Trinajstić information content (AvgIpc) is 2.87. The van der Waals surface area contributed by atoms with Gasteiger partial charge in [-0.25, -0.2) is 4.98 Å². The van der Waals surface area contributed by atoms with Gasteiger partial charge in [-0.2, -0.15) is 0 Å². The fourth-order valence-electron chi connectivity index (χ4n) is 1.72. The van der Waals surface area contributed by atoms with Gasteiger partial charge in [0.1, 0.15) is 10.6 Å². The highest BCUT2D eigenvalue weighted by Gasteiger charge is 2.11. The minimum Gasteiger partial charge on any atom is -0.494 e. The zero-order valence-electron chi connectivity index (χ0n) is 11.3. The topological polar surface area (TPSA) is 51.2 Å². The van der Waals surface area contributed by atoms with Crippen LogP contribution in [0.5, 0.6) is 5.75 Å². The number of rotatable bonds is 5. The first kappa shape index (κ1) is 15.0. The van der Waals surface area contributed by atoms with Crippen molar-refractivity contribution < 1.29 is 9.53 Å². The number of halogens is 1. The molecule has 0 atom stereocenters. The number of hydrogen-bond acceptors (Lipinski definition) is 4. The summed E-state index contributed by atoms with van der Waals surface area (Å²) in [5, 5.41) is 4.42. The molecule has 0 bridgehead atoms. The molecule has 1 N–H and O–H groups in total. The summed E-state index contributed by atoms with van der Waals surface area (Å²) in [5.74, 6) is 0.691. The van der Waals surface area contributed by atoms with Gasteiger partial charge in [0.15, 0.2) is 0 Å². The van der Waals surface area contributed by atoms with E-state index in [0.29, 0.717) is 16.8 Å². The number of benzene rings is 1. The van der Waals surface area contributed by atoms with Crippen LogP contribution in [0.3, 0.4) is 0 Å². The van der Waals surface area contributed by atoms with Crippen molar-refractivity contribution in [3.05, 3.63) is 39.8 Å². The number of nitrogens with one attached hydrogen (secondary N) is 1. The number of amides is 1. The lowest BCUT2D eigenvalue weighted by Crippen LogP contribution is -2.10. The van der Waals surface area contributed by atoms with Crippen LogP contribution < -0.4 is 10.1 Å². The van der Waals surface area contributed by atoms with Crippen molar-refractivity contribution in [1.82, 2.24) is 4.98 Å². The zero-order valence-corrected chi connectivity index (χ0v) is 13.7. The van der Waals surface area contributed by atoms with Gasteiger partial charge in [0.25, 0.3) is 5.91 Å². The van der Waals surface area contributed by atoms with E-state index in [-0.39, 0.29) is 5.91 Å². The first-order chi connectivity index (χ1) is 9.63. The Morgan fingerprint density at radius 2 is 2.30 bits per heavy atom. The Morgan fingerprint density at radius 3 is 2.90 bits per heavy atom. The van der Waals surface area contributed by atoms with Crippen LogP contribution in [0.4, 0.5) is 5.69 Å². The molecule has 0 unspecified atom stereocenters. The van der Waals surface area contributed by atoms with Crippen LogP contribution in [0.25, 0.3) is 0 Å². The van der Waals surface area contributed by atoms with E-state index in [1.54, 1.807) is 6.20 Å². The third-order valence-electron chi connectivity index (χ3n) is 2.61. The van der Waals surface area contributed by atoms with E-state index in [4.69, 9.17) is 4.74 Å². The quantitative estimate of drug-likeness (QED) is 0.825. The molecule has 0 aliphatic carbocycles. The Balaban J connectivity index is 2.15. The number of carbonyl (C=O) groups is 1. The van der Waals surface area contributed by atoms with Gasteiger partial charge >= 0.3 is 0 Å². The number of hydrogen-bond donors (Lipinski definition) is 1. The first-order valence-electron chi connectivity index (χ1n) is 6.19. The normalized spacial score (nSPS) is 10.3. The van der Waals surface area contributed by atoms with E-state index in [1.165, 1.54) is 11.3 Å². The second-order valence-electron chi connectivity index (χ2n) is 4.09. The second-order valence-corrected chi connectivity index (χ2v) is 5.88. The number of ether oxygens (including phenoxy) is 1. The molecule has 0 aliphatic rings. The van der Waals surface area contributed by atoms with E-state index in [0.717, 1.165) is 22.0 Å². The predicted octanol–water partition coefficient (Wildman–Crippen LogP) is 4.00. The first-order valence-corrected chi connectivity index (χ1v) is 8.13. The monoisotopic (exact) mass is 354 g/mol. The van der Waals surface area contributed by atoms with E-state index in [9.17, 15) is 4.79 Å². The van der Waals surface area contributed by atoms with Gasteiger partial charge in [-0.3, -0.25) is 4.79 Å². The van der Waals surface area contributed by atoms with Crippen molar-refractivity contribution in [2.75, 3.05) is 11.9 Å². The van der Waals surface area contributed by atoms with Crippen molar-refractivity contribution in [3.63, 3.8) is 0 Å². The highest BCUT2D eigenvalue weighted by molar-refractivity contribution is 9.08. The largest absolute Gasteiger partial charge is 0.494 e. The van der Waals surface area contributed by atoms with Crippen LogP contribution in [0.15, 0.2) is 24.4 Å². The minimum absolute atomic E-state index is 0.139. The lowest BCUT2D eigenvalue weighted by molar-refractivity contribution is 0.103. The van der Waals surface area contributed by atoms with Crippen molar-refractivity contribution in [1.29, 1.82) is 0 Å². The van der Waals surface area contributed by atoms with Gasteiger partial charge in [0.2, 0.25) is 0 Å². The molecule has 20 heavy (non-hydrogen) atoms. The van der Waals surface area contributed by atoms with E-state index < -0.39 is 0 Å². The summed E-state index contributed by atoms with van der Waals surface area (Å²) < 4.78 is 5.53.